The van der Waals surface area contributed by atoms with E-state index in [0.717, 1.165) is 17.7 Å². The summed E-state index contributed by atoms with van der Waals surface area (Å²) in [5.41, 5.74) is 3.12. The Bertz CT molecular complexity index is 1000. The van der Waals surface area contributed by atoms with Crippen molar-refractivity contribution in [3.8, 4) is 0 Å². The van der Waals surface area contributed by atoms with Crippen LogP contribution in [0, 0.1) is 5.92 Å². The van der Waals surface area contributed by atoms with Crippen molar-refractivity contribution in [1.82, 2.24) is 15.2 Å². The van der Waals surface area contributed by atoms with Gasteiger partial charge in [-0.05, 0) is 41.1 Å². The second-order valence-corrected chi connectivity index (χ2v) is 8.60. The molecule has 2 amide bonds. The number of hydrogen-bond donors (Lipinski definition) is 1. The Labute approximate surface area is 180 Å². The summed E-state index contributed by atoms with van der Waals surface area (Å²) in [6, 6.07) is 17.8. The number of thiophene rings is 1. The highest BCUT2D eigenvalue weighted by atomic mass is 32.1. The van der Waals surface area contributed by atoms with Crippen molar-refractivity contribution in [1.29, 1.82) is 0 Å². The molecule has 0 spiro atoms. The van der Waals surface area contributed by atoms with Crippen LogP contribution in [0.4, 0.5) is 0 Å². The number of aromatic nitrogens is 1. The average molecular weight is 420 g/mol. The van der Waals surface area contributed by atoms with Crippen molar-refractivity contribution in [3.05, 3.63) is 87.9 Å². The third-order valence-electron chi connectivity index (χ3n) is 5.47. The maximum atomic E-state index is 13.4. The fourth-order valence-electron chi connectivity index (χ4n) is 3.96. The van der Waals surface area contributed by atoms with E-state index in [1.807, 2.05) is 48.2 Å². The highest BCUT2D eigenvalue weighted by Crippen LogP contribution is 2.38. The van der Waals surface area contributed by atoms with E-state index >= 15 is 0 Å². The number of pyridine rings is 1. The van der Waals surface area contributed by atoms with E-state index in [2.05, 4.69) is 33.9 Å². The number of nitrogens with one attached hydrogen (secondary N) is 1. The molecule has 1 N–H and O–H groups in total. The summed E-state index contributed by atoms with van der Waals surface area (Å²) in [4.78, 5) is 33.3. The maximum Gasteiger partial charge on any atom is 0.226 e. The van der Waals surface area contributed by atoms with Crippen molar-refractivity contribution in [2.24, 2.45) is 5.92 Å². The molecule has 0 radical (unpaired) electrons. The van der Waals surface area contributed by atoms with E-state index in [9.17, 15) is 9.59 Å². The Morgan fingerprint density at radius 1 is 1.17 bits per heavy atom. The van der Waals surface area contributed by atoms with Gasteiger partial charge in [-0.2, -0.15) is 0 Å². The molecule has 3 heterocycles. The van der Waals surface area contributed by atoms with E-state index in [1.165, 1.54) is 10.4 Å². The van der Waals surface area contributed by atoms with Gasteiger partial charge in [-0.3, -0.25) is 14.6 Å². The molecule has 0 fully saturated rings. The van der Waals surface area contributed by atoms with E-state index in [0.29, 0.717) is 13.1 Å². The standard InChI is InChI=1S/C24H25N3O2S/c1-17(15-22(28)26-16-19-9-5-6-12-25-19)24(29)27-13-10-21-20(11-14-30-21)23(27)18-7-3-2-4-8-18/h2-9,11-12,14,17,23H,10,13,15-16H2,1H3,(H,26,28). The third kappa shape index (κ3) is 4.44. The zero-order valence-corrected chi connectivity index (χ0v) is 17.8. The van der Waals surface area contributed by atoms with E-state index in [4.69, 9.17) is 0 Å². The SMILES string of the molecule is CC(CC(=O)NCc1ccccn1)C(=O)N1CCc2sccc2C1c1ccccc1. The van der Waals surface area contributed by atoms with Crippen molar-refractivity contribution in [2.45, 2.75) is 32.4 Å². The van der Waals surface area contributed by atoms with Crippen LogP contribution in [0.5, 0.6) is 0 Å². The zero-order chi connectivity index (χ0) is 20.9. The lowest BCUT2D eigenvalue weighted by Gasteiger charge is -2.37. The third-order valence-corrected chi connectivity index (χ3v) is 6.47. The minimum absolute atomic E-state index is 0.0219. The first-order valence-corrected chi connectivity index (χ1v) is 11.1. The lowest BCUT2D eigenvalue weighted by atomic mass is 9.91. The molecule has 2 unspecified atom stereocenters. The molecule has 0 aliphatic carbocycles. The quantitative estimate of drug-likeness (QED) is 0.658. The second-order valence-electron chi connectivity index (χ2n) is 7.60. The van der Waals surface area contributed by atoms with Crippen LogP contribution in [0.3, 0.4) is 0 Å². The number of amides is 2. The second kappa shape index (κ2) is 9.22. The molecule has 6 heteroatoms. The Morgan fingerprint density at radius 3 is 2.73 bits per heavy atom. The normalized spacial score (nSPS) is 16.6. The molecule has 5 nitrogen and oxygen atoms in total. The van der Waals surface area contributed by atoms with Gasteiger partial charge in [-0.25, -0.2) is 0 Å². The van der Waals surface area contributed by atoms with E-state index in [-0.39, 0.29) is 30.2 Å². The van der Waals surface area contributed by atoms with E-state index < -0.39 is 0 Å². The van der Waals surface area contributed by atoms with Gasteiger partial charge in [-0.15, -0.1) is 11.3 Å². The van der Waals surface area contributed by atoms with Crippen LogP contribution in [0.15, 0.2) is 66.2 Å². The van der Waals surface area contributed by atoms with Gasteiger partial charge in [0.05, 0.1) is 18.3 Å². The fourth-order valence-corrected chi connectivity index (χ4v) is 4.86. The van der Waals surface area contributed by atoms with Gasteiger partial charge in [0.25, 0.3) is 0 Å². The Balaban J connectivity index is 1.45. The molecule has 3 aromatic rings. The van der Waals surface area contributed by atoms with Crippen LogP contribution in [-0.4, -0.2) is 28.2 Å². The van der Waals surface area contributed by atoms with Crippen LogP contribution < -0.4 is 5.32 Å². The summed E-state index contributed by atoms with van der Waals surface area (Å²) < 4.78 is 0. The summed E-state index contributed by atoms with van der Waals surface area (Å²) in [5.74, 6) is -0.500. The Morgan fingerprint density at radius 2 is 1.97 bits per heavy atom. The molecule has 0 bridgehead atoms. The lowest BCUT2D eigenvalue weighted by Crippen LogP contribution is -2.43. The summed E-state index contributed by atoms with van der Waals surface area (Å²) in [7, 11) is 0. The minimum Gasteiger partial charge on any atom is -0.350 e. The van der Waals surface area contributed by atoms with Crippen LogP contribution in [0.2, 0.25) is 0 Å². The number of rotatable bonds is 6. The first-order chi connectivity index (χ1) is 14.6. The van der Waals surface area contributed by atoms with Gasteiger partial charge in [0.2, 0.25) is 11.8 Å². The first-order valence-electron chi connectivity index (χ1n) is 10.2. The topological polar surface area (TPSA) is 62.3 Å². The number of hydrogen-bond acceptors (Lipinski definition) is 4. The molecular weight excluding hydrogens is 394 g/mol. The summed E-state index contributed by atoms with van der Waals surface area (Å²) in [5, 5.41) is 4.97. The number of carbonyl (C=O) groups is 2. The van der Waals surface area contributed by atoms with Crippen molar-refractivity contribution < 1.29 is 9.59 Å². The molecule has 2 aromatic heterocycles. The molecule has 1 aromatic carbocycles. The smallest absolute Gasteiger partial charge is 0.226 e. The minimum atomic E-state index is -0.389. The van der Waals surface area contributed by atoms with Crippen molar-refractivity contribution >= 4 is 23.2 Å². The Hall–Kier alpha value is -2.99. The predicted molar refractivity (Wildman–Crippen MR) is 118 cm³/mol. The summed E-state index contributed by atoms with van der Waals surface area (Å²) >= 11 is 1.75. The highest BCUT2D eigenvalue weighted by molar-refractivity contribution is 7.10. The molecule has 2 atom stereocenters. The number of fused-ring (bicyclic) bond motifs is 1. The van der Waals surface area contributed by atoms with Gasteiger partial charge in [-0.1, -0.05) is 43.3 Å². The first kappa shape index (κ1) is 20.3. The number of carbonyl (C=O) groups excluding carboxylic acids is 2. The van der Waals surface area contributed by atoms with Gasteiger partial charge in [0, 0.05) is 30.0 Å². The van der Waals surface area contributed by atoms with Crippen LogP contribution in [0.1, 0.15) is 41.1 Å². The van der Waals surface area contributed by atoms with Gasteiger partial charge in [0.15, 0.2) is 0 Å². The Kier molecular flexibility index (Phi) is 6.23. The van der Waals surface area contributed by atoms with Crippen LogP contribution in [0.25, 0.3) is 0 Å². The van der Waals surface area contributed by atoms with Crippen LogP contribution >= 0.6 is 11.3 Å². The zero-order valence-electron chi connectivity index (χ0n) is 17.0. The highest BCUT2D eigenvalue weighted by Gasteiger charge is 2.35. The van der Waals surface area contributed by atoms with Crippen LogP contribution in [-0.2, 0) is 22.6 Å². The monoisotopic (exact) mass is 419 g/mol. The summed E-state index contributed by atoms with van der Waals surface area (Å²) in [6.07, 6.45) is 2.73. The molecular formula is C24H25N3O2S. The molecule has 0 saturated heterocycles. The largest absolute Gasteiger partial charge is 0.350 e. The number of nitrogens with zero attached hydrogens (tertiary/aromatic N) is 2. The fraction of sp³-hybridized carbons (Fsp3) is 0.292. The molecule has 30 heavy (non-hydrogen) atoms. The maximum absolute atomic E-state index is 13.4. The molecule has 4 rings (SSSR count). The molecule has 1 aliphatic rings. The predicted octanol–water partition coefficient (Wildman–Crippen LogP) is 3.96. The van der Waals surface area contributed by atoms with Gasteiger partial charge >= 0.3 is 0 Å². The van der Waals surface area contributed by atoms with Gasteiger partial charge < -0.3 is 10.2 Å². The average Bonchev–Trinajstić information content (AvgIpc) is 3.26. The molecule has 0 saturated carbocycles. The van der Waals surface area contributed by atoms with Crippen molar-refractivity contribution in [2.75, 3.05) is 6.54 Å². The lowest BCUT2D eigenvalue weighted by molar-refractivity contribution is -0.139. The van der Waals surface area contributed by atoms with E-state index in [1.54, 1.807) is 17.5 Å². The molecule has 1 aliphatic heterocycles. The molecule has 154 valence electrons. The number of benzene rings is 1. The summed E-state index contributed by atoms with van der Waals surface area (Å²) in [6.45, 7) is 2.88. The van der Waals surface area contributed by atoms with Gasteiger partial charge in [0.1, 0.15) is 0 Å². The van der Waals surface area contributed by atoms with Crippen molar-refractivity contribution in [3.63, 3.8) is 0 Å².